The number of hydrogen-bond donors (Lipinski definition) is 4. The Kier molecular flexibility index (Phi) is 4.87. The van der Waals surface area contributed by atoms with E-state index in [-0.39, 0.29) is 0 Å². The highest BCUT2D eigenvalue weighted by Gasteiger charge is 2.48. The molecule has 0 saturated carbocycles. The van der Waals surface area contributed by atoms with Gasteiger partial charge in [-0.05, 0) is 6.92 Å². The highest BCUT2D eigenvalue weighted by atomic mass is 32.3. The monoisotopic (exact) mass is 324 g/mol. The molecule has 1 heterocycles. The fourth-order valence-electron chi connectivity index (χ4n) is 1.50. The van der Waals surface area contributed by atoms with Gasteiger partial charge in [0.15, 0.2) is 12.4 Å². The Labute approximate surface area is 108 Å². The molecule has 1 unspecified atom stereocenters. The van der Waals surface area contributed by atoms with Crippen LogP contribution in [0.3, 0.4) is 0 Å². The van der Waals surface area contributed by atoms with E-state index < -0.39 is 51.5 Å². The van der Waals surface area contributed by atoms with Crippen molar-refractivity contribution in [2.45, 2.75) is 37.6 Å². The Morgan fingerprint density at radius 3 is 1.79 bits per heavy atom. The Morgan fingerprint density at radius 2 is 1.37 bits per heavy atom. The molecular weight excluding hydrogens is 312 g/mol. The summed E-state index contributed by atoms with van der Waals surface area (Å²) in [4.78, 5) is 0. The molecule has 0 amide bonds. The van der Waals surface area contributed by atoms with Crippen molar-refractivity contribution in [3.8, 4) is 0 Å². The largest absolute Gasteiger partial charge is 0.397 e. The summed E-state index contributed by atoms with van der Waals surface area (Å²) in [6, 6.07) is 0. The molecule has 0 radical (unpaired) electrons. The van der Waals surface area contributed by atoms with Gasteiger partial charge in [-0.3, -0.25) is 9.11 Å². The van der Waals surface area contributed by atoms with Crippen molar-refractivity contribution in [1.29, 1.82) is 0 Å². The van der Waals surface area contributed by atoms with Crippen molar-refractivity contribution in [3.63, 3.8) is 0 Å². The Balaban J connectivity index is 3.06. The Bertz CT molecular complexity index is 509. The zero-order valence-electron chi connectivity index (χ0n) is 9.35. The predicted molar refractivity (Wildman–Crippen MR) is 55.4 cm³/mol. The fraction of sp³-hybridized carbons (Fsp3) is 1.00. The third-order valence-electron chi connectivity index (χ3n) is 2.24. The Hall–Kier alpha value is -0.380. The van der Waals surface area contributed by atoms with Gasteiger partial charge >= 0.3 is 20.8 Å². The maximum absolute atomic E-state index is 10.6. The predicted octanol–water partition coefficient (Wildman–Crippen LogP) is -2.54. The molecule has 114 valence electrons. The van der Waals surface area contributed by atoms with Gasteiger partial charge in [0, 0.05) is 0 Å². The van der Waals surface area contributed by atoms with Gasteiger partial charge in [-0.1, -0.05) is 0 Å². The minimum atomic E-state index is -5.09. The molecule has 0 aromatic heterocycles. The Morgan fingerprint density at radius 1 is 0.947 bits per heavy atom. The van der Waals surface area contributed by atoms with Crippen LogP contribution in [0, 0.1) is 0 Å². The van der Waals surface area contributed by atoms with Gasteiger partial charge in [0.2, 0.25) is 0 Å². The lowest BCUT2D eigenvalue weighted by atomic mass is 10.0. The van der Waals surface area contributed by atoms with E-state index in [1.54, 1.807) is 0 Å². The smallest absolute Gasteiger partial charge is 0.388 e. The van der Waals surface area contributed by atoms with Crippen LogP contribution in [0.25, 0.3) is 0 Å². The summed E-state index contributed by atoms with van der Waals surface area (Å²) >= 11 is 0. The molecule has 0 bridgehead atoms. The fourth-order valence-corrected chi connectivity index (χ4v) is 2.49. The van der Waals surface area contributed by atoms with Gasteiger partial charge in [-0.2, -0.15) is 16.8 Å². The van der Waals surface area contributed by atoms with Crippen LogP contribution in [0.1, 0.15) is 6.92 Å². The summed E-state index contributed by atoms with van der Waals surface area (Å²) in [5, 5.41) is 19.0. The topological polar surface area (TPSA) is 177 Å². The highest BCUT2D eigenvalue weighted by molar-refractivity contribution is 7.81. The molecule has 1 aliphatic heterocycles. The number of aliphatic hydroxyl groups excluding tert-OH is 2. The number of ether oxygens (including phenoxy) is 1. The van der Waals surface area contributed by atoms with Gasteiger partial charge in [0.05, 0.1) is 6.10 Å². The maximum Gasteiger partial charge on any atom is 0.397 e. The first kappa shape index (κ1) is 16.7. The van der Waals surface area contributed by atoms with E-state index in [1.807, 2.05) is 0 Å². The first-order chi connectivity index (χ1) is 8.41. The molecule has 5 atom stereocenters. The molecule has 19 heavy (non-hydrogen) atoms. The second kappa shape index (κ2) is 5.55. The van der Waals surface area contributed by atoms with Crippen LogP contribution >= 0.6 is 0 Å². The molecule has 1 fully saturated rings. The van der Waals surface area contributed by atoms with Crippen LogP contribution in [0.15, 0.2) is 0 Å². The average Bonchev–Trinajstić information content (AvgIpc) is 2.17. The van der Waals surface area contributed by atoms with Gasteiger partial charge in [0.25, 0.3) is 0 Å². The van der Waals surface area contributed by atoms with E-state index in [2.05, 4.69) is 13.1 Å². The van der Waals surface area contributed by atoms with Crippen LogP contribution in [0.4, 0.5) is 0 Å². The molecule has 13 heteroatoms. The standard InChI is InChI=1S/C6H12O11S2/c1-2-3(7)4(16-18(9,10)11)5(6(8)15-2)17-19(12,13)14/h2-8H,1H3,(H,9,10,11)(H,12,13,14)/t2-,3+,4+,5-,6?/m0/s1. The average molecular weight is 324 g/mol. The summed E-state index contributed by atoms with van der Waals surface area (Å²) in [6.45, 7) is 1.22. The molecule has 0 spiro atoms. The van der Waals surface area contributed by atoms with Crippen LogP contribution in [-0.2, 0) is 33.9 Å². The van der Waals surface area contributed by atoms with Crippen molar-refractivity contribution < 1.29 is 49.3 Å². The molecule has 4 N–H and O–H groups in total. The van der Waals surface area contributed by atoms with Crippen LogP contribution < -0.4 is 0 Å². The molecule has 0 aliphatic carbocycles. The molecule has 1 saturated heterocycles. The molecular formula is C6H12O11S2. The van der Waals surface area contributed by atoms with E-state index >= 15 is 0 Å². The lowest BCUT2D eigenvalue weighted by Crippen LogP contribution is -2.59. The van der Waals surface area contributed by atoms with Crippen molar-refractivity contribution in [3.05, 3.63) is 0 Å². The zero-order valence-corrected chi connectivity index (χ0v) is 11.0. The van der Waals surface area contributed by atoms with Crippen molar-refractivity contribution in [2.24, 2.45) is 0 Å². The summed E-state index contributed by atoms with van der Waals surface area (Å²) in [6.07, 6.45) is -9.02. The number of aliphatic hydroxyl groups is 2. The SMILES string of the molecule is C[C@@H]1OC(O)[C@@H](OS(=O)(=O)O)[C@H](OS(=O)(=O)O)[C@@H]1O. The van der Waals surface area contributed by atoms with Crippen molar-refractivity contribution in [2.75, 3.05) is 0 Å². The first-order valence-corrected chi connectivity index (χ1v) is 7.47. The van der Waals surface area contributed by atoms with Crippen LogP contribution in [-0.4, -0.2) is 66.9 Å². The minimum absolute atomic E-state index is 1.15. The normalized spacial score (nSPS) is 37.2. The second-order valence-corrected chi connectivity index (χ2v) is 5.80. The highest BCUT2D eigenvalue weighted by Crippen LogP contribution is 2.26. The molecule has 1 rings (SSSR count). The van der Waals surface area contributed by atoms with E-state index in [0.717, 1.165) is 0 Å². The second-order valence-electron chi connectivity index (χ2n) is 3.70. The van der Waals surface area contributed by atoms with Crippen LogP contribution in [0.2, 0.25) is 0 Å². The van der Waals surface area contributed by atoms with E-state index in [9.17, 15) is 27.0 Å². The lowest BCUT2D eigenvalue weighted by Gasteiger charge is -2.39. The van der Waals surface area contributed by atoms with Gasteiger partial charge in [-0.15, -0.1) is 0 Å². The van der Waals surface area contributed by atoms with E-state index in [1.165, 1.54) is 6.92 Å². The molecule has 0 aromatic rings. The minimum Gasteiger partial charge on any atom is -0.388 e. The summed E-state index contributed by atoms with van der Waals surface area (Å²) < 4.78 is 72.0. The molecule has 11 nitrogen and oxygen atoms in total. The van der Waals surface area contributed by atoms with E-state index in [0.29, 0.717) is 0 Å². The van der Waals surface area contributed by atoms with E-state index in [4.69, 9.17) is 9.11 Å². The van der Waals surface area contributed by atoms with Gasteiger partial charge in [0.1, 0.15) is 12.2 Å². The summed E-state index contributed by atoms with van der Waals surface area (Å²) in [5.74, 6) is 0. The maximum atomic E-state index is 10.6. The lowest BCUT2D eigenvalue weighted by molar-refractivity contribution is -0.266. The summed E-state index contributed by atoms with van der Waals surface area (Å²) in [7, 11) is -10.2. The van der Waals surface area contributed by atoms with Crippen molar-refractivity contribution >= 4 is 20.8 Å². The number of rotatable bonds is 4. The van der Waals surface area contributed by atoms with Gasteiger partial charge < -0.3 is 14.9 Å². The molecule has 1 aliphatic rings. The van der Waals surface area contributed by atoms with Crippen LogP contribution in [0.5, 0.6) is 0 Å². The quantitative estimate of drug-likeness (QED) is 0.400. The van der Waals surface area contributed by atoms with Gasteiger partial charge in [-0.25, -0.2) is 8.37 Å². The molecule has 0 aromatic carbocycles. The third kappa shape index (κ3) is 4.90. The van der Waals surface area contributed by atoms with Crippen molar-refractivity contribution in [1.82, 2.24) is 0 Å². The summed E-state index contributed by atoms with van der Waals surface area (Å²) in [5.41, 5.74) is 0. The first-order valence-electron chi connectivity index (χ1n) is 4.74. The zero-order chi connectivity index (χ0) is 15.0. The number of hydrogen-bond acceptors (Lipinski definition) is 9. The third-order valence-corrected chi connectivity index (χ3v) is 3.17.